The summed E-state index contributed by atoms with van der Waals surface area (Å²) in [5.41, 5.74) is -0.149. The van der Waals surface area contributed by atoms with Gasteiger partial charge in [0.05, 0.1) is 24.5 Å². The molecule has 2 aromatic carbocycles. The molecule has 0 unspecified atom stereocenters. The fourth-order valence-corrected chi connectivity index (χ4v) is 7.33. The van der Waals surface area contributed by atoms with Gasteiger partial charge in [0, 0.05) is 19.1 Å². The summed E-state index contributed by atoms with van der Waals surface area (Å²) < 4.78 is 11.9. The minimum atomic E-state index is -1.19. The van der Waals surface area contributed by atoms with Crippen LogP contribution in [0.2, 0.25) is 0 Å². The number of hydrogen-bond acceptors (Lipinski definition) is 5. The quantitative estimate of drug-likeness (QED) is 0.460. The number of benzene rings is 2. The van der Waals surface area contributed by atoms with Crippen LogP contribution in [0.25, 0.3) is 0 Å². The predicted molar refractivity (Wildman–Crippen MR) is 154 cm³/mol. The van der Waals surface area contributed by atoms with Gasteiger partial charge in [0.25, 0.3) is 0 Å². The van der Waals surface area contributed by atoms with Crippen LogP contribution in [0.4, 0.5) is 0 Å². The number of nitrogens with one attached hydrogen (secondary N) is 2. The highest BCUT2D eigenvalue weighted by Crippen LogP contribution is 2.59. The van der Waals surface area contributed by atoms with Crippen LogP contribution in [0.1, 0.15) is 50.2 Å². The molecule has 5 atom stereocenters. The number of methoxy groups -OCH3 is 1. The van der Waals surface area contributed by atoms with Gasteiger partial charge < -0.3 is 25.0 Å². The number of amides is 3. The van der Waals surface area contributed by atoms with Gasteiger partial charge in [-0.3, -0.25) is 14.4 Å². The summed E-state index contributed by atoms with van der Waals surface area (Å²) >= 11 is 0. The van der Waals surface area contributed by atoms with Gasteiger partial charge >= 0.3 is 0 Å². The van der Waals surface area contributed by atoms with E-state index in [4.69, 9.17) is 9.47 Å². The number of ether oxygens (including phenoxy) is 2. The highest BCUT2D eigenvalue weighted by atomic mass is 16.5. The topological polar surface area (TPSA) is 97.0 Å². The van der Waals surface area contributed by atoms with E-state index >= 15 is 0 Å². The standard InChI is InChI=1S/C33H39N3O5/c1-32-18-19-33(41-32)27(26(32)29(37)35-24-11-7-4-8-12-24)31(39)36(20-17-22-13-15-25(40-2)16-14-22)28(33)30(38)34-21-23-9-5-3-6-10-23/h3,5-6,9-10,13-16,18-19,24,26-28H,4,7-8,11-12,17,20-21H2,1-2H3,(H,34,38)(H,35,37)/t26-,27+,28-,32+,33-/m1/s1. The largest absolute Gasteiger partial charge is 0.497 e. The summed E-state index contributed by atoms with van der Waals surface area (Å²) in [6.07, 6.45) is 9.61. The van der Waals surface area contributed by atoms with E-state index in [1.807, 2.05) is 73.7 Å². The normalized spacial score (nSPS) is 30.3. The third-order valence-corrected chi connectivity index (χ3v) is 9.39. The second kappa shape index (κ2) is 11.0. The van der Waals surface area contributed by atoms with Crippen LogP contribution >= 0.6 is 0 Å². The van der Waals surface area contributed by atoms with Crippen molar-refractivity contribution < 1.29 is 23.9 Å². The minimum absolute atomic E-state index is 0.117. The van der Waals surface area contributed by atoms with E-state index in [1.165, 1.54) is 6.42 Å². The molecule has 3 amide bonds. The smallest absolute Gasteiger partial charge is 0.246 e. The van der Waals surface area contributed by atoms with Crippen LogP contribution < -0.4 is 15.4 Å². The van der Waals surface area contributed by atoms with Crippen molar-refractivity contribution in [3.8, 4) is 5.75 Å². The number of hydrogen-bond donors (Lipinski definition) is 2. The van der Waals surface area contributed by atoms with Crippen molar-refractivity contribution in [3.05, 3.63) is 77.9 Å². The Morgan fingerprint density at radius 3 is 2.41 bits per heavy atom. The van der Waals surface area contributed by atoms with Crippen LogP contribution in [0.15, 0.2) is 66.7 Å². The van der Waals surface area contributed by atoms with Gasteiger partial charge in [0.15, 0.2) is 0 Å². The lowest BCUT2D eigenvalue weighted by Gasteiger charge is -2.33. The SMILES string of the molecule is COc1ccc(CCN2C(=O)[C@@H]3[C@H](C(=O)NC4CCCCC4)[C@]4(C)C=C[C@]3(O4)[C@H]2C(=O)NCc2ccccc2)cc1. The monoisotopic (exact) mass is 557 g/mol. The van der Waals surface area contributed by atoms with Crippen LogP contribution in [-0.4, -0.2) is 59.6 Å². The summed E-state index contributed by atoms with van der Waals surface area (Å²) in [7, 11) is 1.62. The zero-order valence-corrected chi connectivity index (χ0v) is 23.8. The van der Waals surface area contributed by atoms with Gasteiger partial charge in [-0.2, -0.15) is 0 Å². The van der Waals surface area contributed by atoms with Crippen molar-refractivity contribution in [3.63, 3.8) is 0 Å². The number of carbonyl (C=O) groups excluding carboxylic acids is 3. The Morgan fingerprint density at radius 1 is 0.976 bits per heavy atom. The molecule has 2 bridgehead atoms. The minimum Gasteiger partial charge on any atom is -0.497 e. The van der Waals surface area contributed by atoms with Gasteiger partial charge in [-0.05, 0) is 49.4 Å². The third kappa shape index (κ3) is 4.92. The molecule has 216 valence electrons. The lowest BCUT2D eigenvalue weighted by atomic mass is 9.70. The maximum atomic E-state index is 14.3. The Balaban J connectivity index is 1.28. The molecule has 0 aromatic heterocycles. The Hall–Kier alpha value is -3.65. The highest BCUT2D eigenvalue weighted by molar-refractivity contribution is 6.00. The molecular weight excluding hydrogens is 518 g/mol. The van der Waals surface area contributed by atoms with E-state index in [-0.39, 0.29) is 23.8 Å². The van der Waals surface area contributed by atoms with Crippen molar-refractivity contribution in [2.75, 3.05) is 13.7 Å². The molecule has 1 saturated carbocycles. The number of nitrogens with zero attached hydrogens (tertiary/aromatic N) is 1. The maximum absolute atomic E-state index is 14.3. The molecule has 8 nitrogen and oxygen atoms in total. The fraction of sp³-hybridized carbons (Fsp3) is 0.485. The second-order valence-electron chi connectivity index (χ2n) is 12.0. The highest BCUT2D eigenvalue weighted by Gasteiger charge is 2.76. The molecule has 8 heteroatoms. The van der Waals surface area contributed by atoms with Crippen LogP contribution in [-0.2, 0) is 32.1 Å². The lowest BCUT2D eigenvalue weighted by Crippen LogP contribution is -2.55. The molecule has 4 aliphatic rings. The van der Waals surface area contributed by atoms with Crippen LogP contribution in [0, 0.1) is 11.8 Å². The zero-order valence-electron chi connectivity index (χ0n) is 23.8. The van der Waals surface area contributed by atoms with Crippen LogP contribution in [0.5, 0.6) is 5.75 Å². The Bertz CT molecular complexity index is 1320. The number of rotatable bonds is 9. The van der Waals surface area contributed by atoms with Crippen molar-refractivity contribution in [2.45, 2.75) is 75.3 Å². The van der Waals surface area contributed by atoms with E-state index in [2.05, 4.69) is 10.6 Å². The molecular formula is C33H39N3O5. The van der Waals surface area contributed by atoms with Gasteiger partial charge in [-0.1, -0.05) is 73.9 Å². The van der Waals surface area contributed by atoms with Gasteiger partial charge in [-0.15, -0.1) is 0 Å². The van der Waals surface area contributed by atoms with Crippen molar-refractivity contribution >= 4 is 17.7 Å². The summed E-state index contributed by atoms with van der Waals surface area (Å²) in [4.78, 5) is 43.7. The summed E-state index contributed by atoms with van der Waals surface area (Å²) in [5, 5.41) is 6.29. The van der Waals surface area contributed by atoms with Crippen LogP contribution in [0.3, 0.4) is 0 Å². The Labute approximate surface area is 241 Å². The average Bonchev–Trinajstić information content (AvgIpc) is 3.56. The van der Waals surface area contributed by atoms with Crippen molar-refractivity contribution in [1.82, 2.24) is 15.5 Å². The predicted octanol–water partition coefficient (Wildman–Crippen LogP) is 3.54. The van der Waals surface area contributed by atoms with E-state index in [0.29, 0.717) is 19.5 Å². The first-order valence-electron chi connectivity index (χ1n) is 14.8. The molecule has 6 rings (SSSR count). The third-order valence-electron chi connectivity index (χ3n) is 9.39. The molecule has 1 spiro atoms. The molecule has 41 heavy (non-hydrogen) atoms. The maximum Gasteiger partial charge on any atom is 0.246 e. The Morgan fingerprint density at radius 2 is 1.71 bits per heavy atom. The molecule has 3 aliphatic heterocycles. The summed E-state index contributed by atoms with van der Waals surface area (Å²) in [5.74, 6) is -1.32. The van der Waals surface area contributed by atoms with Crippen molar-refractivity contribution in [1.29, 1.82) is 0 Å². The van der Waals surface area contributed by atoms with Gasteiger partial charge in [0.2, 0.25) is 17.7 Å². The van der Waals surface area contributed by atoms with Crippen molar-refractivity contribution in [2.24, 2.45) is 11.8 Å². The first kappa shape index (κ1) is 27.5. The molecule has 2 saturated heterocycles. The molecule has 2 N–H and O–H groups in total. The number of likely N-dealkylation sites (tertiary alicyclic amines) is 1. The summed E-state index contributed by atoms with van der Waals surface area (Å²) in [6, 6.07) is 16.6. The number of fused-ring (bicyclic) bond motifs is 1. The van der Waals surface area contributed by atoms with E-state index in [9.17, 15) is 14.4 Å². The lowest BCUT2D eigenvalue weighted by molar-refractivity contribution is -0.145. The molecule has 0 radical (unpaired) electrons. The zero-order chi connectivity index (χ0) is 28.6. The molecule has 2 aromatic rings. The number of carbonyl (C=O) groups is 3. The Kier molecular flexibility index (Phi) is 7.36. The van der Waals surface area contributed by atoms with Gasteiger partial charge in [-0.25, -0.2) is 0 Å². The first-order valence-corrected chi connectivity index (χ1v) is 14.8. The van der Waals surface area contributed by atoms with E-state index in [0.717, 1.165) is 42.6 Å². The summed E-state index contributed by atoms with van der Waals surface area (Å²) in [6.45, 7) is 2.54. The molecule has 3 heterocycles. The molecule has 1 aliphatic carbocycles. The van der Waals surface area contributed by atoms with E-state index in [1.54, 1.807) is 12.0 Å². The second-order valence-corrected chi connectivity index (χ2v) is 12.0. The first-order chi connectivity index (χ1) is 19.8. The van der Waals surface area contributed by atoms with Gasteiger partial charge in [0.1, 0.15) is 17.4 Å². The molecule has 3 fully saturated rings. The average molecular weight is 558 g/mol. The fourth-order valence-electron chi connectivity index (χ4n) is 7.33. The van der Waals surface area contributed by atoms with E-state index < -0.39 is 29.1 Å².